The molecule has 0 saturated carbocycles. The van der Waals surface area contributed by atoms with Crippen molar-refractivity contribution < 1.29 is 23.9 Å². The molecule has 3 amide bonds. The number of carbonyl (C=O) groups is 3. The van der Waals surface area contributed by atoms with Gasteiger partial charge < -0.3 is 24.6 Å². The molecule has 1 fully saturated rings. The first-order chi connectivity index (χ1) is 13.7. The van der Waals surface area contributed by atoms with Gasteiger partial charge in [-0.05, 0) is 51.5 Å². The van der Waals surface area contributed by atoms with Crippen LogP contribution in [0.15, 0.2) is 30.3 Å². The third kappa shape index (κ3) is 7.48. The number of esters is 1. The van der Waals surface area contributed by atoms with Crippen LogP contribution >= 0.6 is 0 Å². The number of nitrogens with one attached hydrogen (secondary N) is 1. The predicted octanol–water partition coefficient (Wildman–Crippen LogP) is 3.35. The standard InChI is InChI=1S/C21H29N3O5/c1-5-28-18(25)11-8-16-6-9-17(10-7-16)22-19(26)23-12-14-24(15-13-23)20(27)29-21(2,3)4/h6-11H,5,12-15H2,1-4H3,(H,22,26)/b11-8-. The van der Waals surface area contributed by atoms with E-state index in [2.05, 4.69) is 5.32 Å². The highest BCUT2D eigenvalue weighted by Crippen LogP contribution is 2.14. The molecule has 2 rings (SSSR count). The Morgan fingerprint density at radius 1 is 1.03 bits per heavy atom. The number of hydrogen-bond acceptors (Lipinski definition) is 5. The fraction of sp³-hybridized carbons (Fsp3) is 0.476. The van der Waals surface area contributed by atoms with Gasteiger partial charge in [0.05, 0.1) is 6.61 Å². The Morgan fingerprint density at radius 3 is 2.17 bits per heavy atom. The summed E-state index contributed by atoms with van der Waals surface area (Å²) in [6.07, 6.45) is 2.66. The van der Waals surface area contributed by atoms with Crippen LogP contribution in [0.2, 0.25) is 0 Å². The van der Waals surface area contributed by atoms with Crippen LogP contribution in [0.5, 0.6) is 0 Å². The highest BCUT2D eigenvalue weighted by molar-refractivity contribution is 5.90. The maximum Gasteiger partial charge on any atom is 0.410 e. The van der Waals surface area contributed by atoms with E-state index in [-0.39, 0.29) is 12.1 Å². The zero-order valence-corrected chi connectivity index (χ0v) is 17.4. The zero-order chi connectivity index (χ0) is 21.4. The Bertz CT molecular complexity index is 745. The quantitative estimate of drug-likeness (QED) is 0.615. The van der Waals surface area contributed by atoms with Crippen molar-refractivity contribution in [3.8, 4) is 0 Å². The minimum Gasteiger partial charge on any atom is -0.463 e. The average Bonchev–Trinajstić information content (AvgIpc) is 2.66. The SMILES string of the molecule is CCOC(=O)/C=C\c1ccc(NC(=O)N2CCN(C(=O)OC(C)(C)C)CC2)cc1. The first-order valence-corrected chi connectivity index (χ1v) is 9.66. The van der Waals surface area contributed by atoms with Crippen molar-refractivity contribution in [3.63, 3.8) is 0 Å². The van der Waals surface area contributed by atoms with Gasteiger partial charge in [-0.1, -0.05) is 12.1 Å². The minimum absolute atomic E-state index is 0.219. The van der Waals surface area contributed by atoms with Crippen molar-refractivity contribution in [2.45, 2.75) is 33.3 Å². The molecular weight excluding hydrogens is 374 g/mol. The maximum absolute atomic E-state index is 12.4. The molecule has 0 atom stereocenters. The number of nitrogens with zero attached hydrogens (tertiary/aromatic N) is 2. The van der Waals surface area contributed by atoms with Gasteiger partial charge in [0.2, 0.25) is 0 Å². The molecule has 0 radical (unpaired) electrons. The Hall–Kier alpha value is -3.03. The van der Waals surface area contributed by atoms with Crippen LogP contribution in [0.1, 0.15) is 33.3 Å². The summed E-state index contributed by atoms with van der Waals surface area (Å²) in [5.41, 5.74) is 0.934. The number of piperazine rings is 1. The number of rotatable bonds is 4. The molecule has 0 aromatic heterocycles. The van der Waals surface area contributed by atoms with E-state index in [4.69, 9.17) is 9.47 Å². The van der Waals surface area contributed by atoms with E-state index in [0.717, 1.165) is 5.56 Å². The molecule has 8 nitrogen and oxygen atoms in total. The summed E-state index contributed by atoms with van der Waals surface area (Å²) in [6, 6.07) is 6.90. The van der Waals surface area contributed by atoms with Gasteiger partial charge in [0.25, 0.3) is 0 Å². The lowest BCUT2D eigenvalue weighted by Gasteiger charge is -2.35. The maximum atomic E-state index is 12.4. The molecule has 29 heavy (non-hydrogen) atoms. The lowest BCUT2D eigenvalue weighted by Crippen LogP contribution is -2.52. The Kier molecular flexibility index (Phi) is 7.64. The fourth-order valence-corrected chi connectivity index (χ4v) is 2.65. The summed E-state index contributed by atoms with van der Waals surface area (Å²) >= 11 is 0. The summed E-state index contributed by atoms with van der Waals surface area (Å²) in [7, 11) is 0. The molecular formula is C21H29N3O5. The van der Waals surface area contributed by atoms with Crippen LogP contribution in [0.4, 0.5) is 15.3 Å². The Morgan fingerprint density at radius 2 is 1.62 bits per heavy atom. The zero-order valence-electron chi connectivity index (χ0n) is 17.4. The van der Waals surface area contributed by atoms with Crippen molar-refractivity contribution in [3.05, 3.63) is 35.9 Å². The Balaban J connectivity index is 1.82. The second kappa shape index (κ2) is 9.95. The van der Waals surface area contributed by atoms with Crippen LogP contribution in [0, 0.1) is 0 Å². The molecule has 158 valence electrons. The van der Waals surface area contributed by atoms with Gasteiger partial charge in [-0.2, -0.15) is 0 Å². The fourth-order valence-electron chi connectivity index (χ4n) is 2.65. The first-order valence-electron chi connectivity index (χ1n) is 9.66. The number of benzene rings is 1. The van der Waals surface area contributed by atoms with Crippen molar-refractivity contribution in [2.24, 2.45) is 0 Å². The predicted molar refractivity (Wildman–Crippen MR) is 111 cm³/mol. The largest absolute Gasteiger partial charge is 0.463 e. The monoisotopic (exact) mass is 403 g/mol. The normalized spacial score (nSPS) is 14.6. The third-order valence-corrected chi connectivity index (χ3v) is 4.08. The highest BCUT2D eigenvalue weighted by Gasteiger charge is 2.27. The van der Waals surface area contributed by atoms with E-state index in [0.29, 0.717) is 38.5 Å². The second-order valence-electron chi connectivity index (χ2n) is 7.59. The van der Waals surface area contributed by atoms with Gasteiger partial charge in [-0.15, -0.1) is 0 Å². The van der Waals surface area contributed by atoms with Gasteiger partial charge in [-0.3, -0.25) is 0 Å². The van der Waals surface area contributed by atoms with Crippen molar-refractivity contribution in [1.29, 1.82) is 0 Å². The lowest BCUT2D eigenvalue weighted by atomic mass is 10.2. The van der Waals surface area contributed by atoms with E-state index in [1.165, 1.54) is 6.08 Å². The summed E-state index contributed by atoms with van der Waals surface area (Å²) < 4.78 is 10.2. The number of carbonyl (C=O) groups excluding carboxylic acids is 3. The van der Waals surface area contributed by atoms with E-state index in [9.17, 15) is 14.4 Å². The van der Waals surface area contributed by atoms with Crippen molar-refractivity contribution >= 4 is 29.9 Å². The molecule has 1 N–H and O–H groups in total. The number of hydrogen-bond donors (Lipinski definition) is 1. The molecule has 0 aliphatic carbocycles. The minimum atomic E-state index is -0.538. The first kappa shape index (κ1) is 22.3. The van der Waals surface area contributed by atoms with E-state index < -0.39 is 11.6 Å². The summed E-state index contributed by atoms with van der Waals surface area (Å²) in [4.78, 5) is 39.2. The van der Waals surface area contributed by atoms with Crippen LogP contribution in [0.25, 0.3) is 6.08 Å². The molecule has 0 bridgehead atoms. The molecule has 0 spiro atoms. The smallest absolute Gasteiger partial charge is 0.410 e. The second-order valence-corrected chi connectivity index (χ2v) is 7.59. The van der Waals surface area contributed by atoms with Gasteiger partial charge in [0.1, 0.15) is 5.60 Å². The van der Waals surface area contributed by atoms with E-state index in [1.807, 2.05) is 20.8 Å². The molecule has 1 aromatic rings. The number of anilines is 1. The van der Waals surface area contributed by atoms with E-state index >= 15 is 0 Å². The van der Waals surface area contributed by atoms with Gasteiger partial charge in [-0.25, -0.2) is 14.4 Å². The molecule has 1 aromatic carbocycles. The number of urea groups is 1. The van der Waals surface area contributed by atoms with Gasteiger partial charge in [0.15, 0.2) is 0 Å². The van der Waals surface area contributed by atoms with Crippen LogP contribution in [-0.2, 0) is 14.3 Å². The van der Waals surface area contributed by atoms with Crippen molar-refractivity contribution in [2.75, 3.05) is 38.1 Å². The molecule has 1 saturated heterocycles. The number of amides is 3. The van der Waals surface area contributed by atoms with Crippen LogP contribution in [0.3, 0.4) is 0 Å². The molecule has 8 heteroatoms. The summed E-state index contributed by atoms with van der Waals surface area (Å²) in [5.74, 6) is -0.393. The topological polar surface area (TPSA) is 88.2 Å². The van der Waals surface area contributed by atoms with Crippen LogP contribution in [-0.4, -0.2) is 66.3 Å². The average molecular weight is 403 g/mol. The highest BCUT2D eigenvalue weighted by atomic mass is 16.6. The van der Waals surface area contributed by atoms with Crippen LogP contribution < -0.4 is 5.32 Å². The third-order valence-electron chi connectivity index (χ3n) is 4.08. The molecule has 0 unspecified atom stereocenters. The Labute approximate surface area is 171 Å². The lowest BCUT2D eigenvalue weighted by molar-refractivity contribution is -0.137. The summed E-state index contributed by atoms with van der Waals surface area (Å²) in [6.45, 7) is 9.29. The summed E-state index contributed by atoms with van der Waals surface area (Å²) in [5, 5.41) is 2.84. The molecule has 1 aliphatic heterocycles. The van der Waals surface area contributed by atoms with Gasteiger partial charge in [0, 0.05) is 37.9 Å². The van der Waals surface area contributed by atoms with Gasteiger partial charge >= 0.3 is 18.1 Å². The molecule has 1 aliphatic rings. The molecule has 1 heterocycles. The number of ether oxygens (including phenoxy) is 2. The van der Waals surface area contributed by atoms with Crippen molar-refractivity contribution in [1.82, 2.24) is 9.80 Å². The van der Waals surface area contributed by atoms with E-state index in [1.54, 1.807) is 47.1 Å².